The molecule has 0 aliphatic carbocycles. The molecule has 0 saturated carbocycles. The lowest BCUT2D eigenvalue weighted by Crippen LogP contribution is -2.46. The Labute approximate surface area is 320 Å². The van der Waals surface area contributed by atoms with Crippen molar-refractivity contribution in [1.29, 1.82) is 0 Å². The van der Waals surface area contributed by atoms with Crippen LogP contribution in [0.25, 0.3) is 11.1 Å². The van der Waals surface area contributed by atoms with E-state index in [1.54, 1.807) is 0 Å². The fourth-order valence-corrected chi connectivity index (χ4v) is 5.55. The van der Waals surface area contributed by atoms with Gasteiger partial charge in [-0.05, 0) is 68.5 Å². The second-order valence-corrected chi connectivity index (χ2v) is 15.4. The third-order valence-corrected chi connectivity index (χ3v) is 8.78. The van der Waals surface area contributed by atoms with Crippen LogP contribution >= 0.6 is 11.8 Å². The summed E-state index contributed by atoms with van der Waals surface area (Å²) in [6.07, 6.45) is 3.75. The summed E-state index contributed by atoms with van der Waals surface area (Å²) in [5.74, 6) is -2.90. The zero-order valence-electron chi connectivity index (χ0n) is 31.7. The number of aromatic nitrogens is 1. The number of nitrogens with zero attached hydrogens (tertiary/aromatic N) is 1. The summed E-state index contributed by atoms with van der Waals surface area (Å²) < 4.78 is 29.9. The molecule has 2 aromatic carbocycles. The number of carboxylic acids is 1. The van der Waals surface area contributed by atoms with Gasteiger partial charge in [0.2, 0.25) is 23.6 Å². The van der Waals surface area contributed by atoms with Crippen molar-refractivity contribution in [2.45, 2.75) is 60.4 Å². The van der Waals surface area contributed by atoms with E-state index in [-0.39, 0.29) is 49.0 Å². The minimum absolute atomic E-state index is 0.0922. The lowest BCUT2D eigenvalue weighted by molar-refractivity contribution is -0.153. The van der Waals surface area contributed by atoms with Gasteiger partial charge >= 0.3 is 5.97 Å². The summed E-state index contributed by atoms with van der Waals surface area (Å²) in [7, 11) is 0. The van der Waals surface area contributed by atoms with Crippen molar-refractivity contribution in [3.8, 4) is 11.1 Å². The van der Waals surface area contributed by atoms with E-state index >= 15 is 0 Å². The van der Waals surface area contributed by atoms with Crippen molar-refractivity contribution < 1.29 is 37.9 Å². The summed E-state index contributed by atoms with van der Waals surface area (Å²) in [6.45, 7) is 10.8. The number of carboxylic acid groups (broad SMARTS) is 1. The number of rotatable bonds is 19. The molecule has 0 aliphatic rings. The lowest BCUT2D eigenvalue weighted by Gasteiger charge is -2.19. The van der Waals surface area contributed by atoms with Crippen LogP contribution in [0.5, 0.6) is 0 Å². The van der Waals surface area contributed by atoms with E-state index < -0.39 is 34.8 Å². The quantitative estimate of drug-likeness (QED) is 0.0777. The molecule has 4 amide bonds. The topological polar surface area (TPSA) is 185 Å². The fraction of sp³-hybridized carbons (Fsp3) is 0.462. The molecule has 15 heteroatoms. The van der Waals surface area contributed by atoms with Crippen molar-refractivity contribution in [3.63, 3.8) is 0 Å². The van der Waals surface area contributed by atoms with Crippen LogP contribution in [0.4, 0.5) is 8.78 Å². The van der Waals surface area contributed by atoms with E-state index in [2.05, 4.69) is 58.7 Å². The third-order valence-electron chi connectivity index (χ3n) is 7.82. The Kier molecular flexibility index (Phi) is 18.9. The van der Waals surface area contributed by atoms with Gasteiger partial charge in [0.25, 0.3) is 0 Å². The maximum absolute atomic E-state index is 14.2. The van der Waals surface area contributed by atoms with Crippen molar-refractivity contribution in [2.24, 2.45) is 16.6 Å². The molecule has 3 aromatic rings. The van der Waals surface area contributed by atoms with E-state index in [4.69, 9.17) is 10.8 Å². The van der Waals surface area contributed by atoms with Crippen LogP contribution in [0.3, 0.4) is 0 Å². The largest absolute Gasteiger partial charge is 0.480 e. The summed E-state index contributed by atoms with van der Waals surface area (Å²) in [5.41, 5.74) is 7.13. The van der Waals surface area contributed by atoms with Gasteiger partial charge in [0.05, 0.1) is 12.3 Å². The van der Waals surface area contributed by atoms with E-state index in [1.165, 1.54) is 43.3 Å². The summed E-state index contributed by atoms with van der Waals surface area (Å²) in [6, 6.07) is 15.7. The smallest absolute Gasteiger partial charge is 0.318 e. The first-order valence-corrected chi connectivity index (χ1v) is 18.9. The monoisotopic (exact) mass is 772 g/mol. The maximum Gasteiger partial charge on any atom is 0.318 e. The Hall–Kier alpha value is -4.76. The Balaban J connectivity index is 0.000000376. The highest BCUT2D eigenvalue weighted by molar-refractivity contribution is 7.99. The van der Waals surface area contributed by atoms with Gasteiger partial charge in [-0.2, -0.15) is 11.8 Å². The highest BCUT2D eigenvalue weighted by atomic mass is 32.2. The molecular formula is C39H54F2N6O6S. The van der Waals surface area contributed by atoms with Gasteiger partial charge in [-0.25, -0.2) is 8.78 Å². The minimum atomic E-state index is -1.63. The highest BCUT2D eigenvalue weighted by Crippen LogP contribution is 2.30. The number of hydrogen-bond acceptors (Lipinski definition) is 7. The van der Waals surface area contributed by atoms with Gasteiger partial charge in [-0.3, -0.25) is 24.0 Å². The Morgan fingerprint density at radius 1 is 0.833 bits per heavy atom. The van der Waals surface area contributed by atoms with Crippen LogP contribution in [-0.2, 0) is 36.9 Å². The molecule has 0 radical (unpaired) electrons. The van der Waals surface area contributed by atoms with E-state index in [0.717, 1.165) is 24.6 Å². The first-order valence-electron chi connectivity index (χ1n) is 17.7. The normalized spacial score (nSPS) is 11.2. The van der Waals surface area contributed by atoms with Crippen LogP contribution in [0, 0.1) is 22.5 Å². The van der Waals surface area contributed by atoms with Crippen molar-refractivity contribution >= 4 is 41.4 Å². The molecule has 0 fully saturated rings. The molecule has 0 saturated heterocycles. The first-order chi connectivity index (χ1) is 25.4. The minimum Gasteiger partial charge on any atom is -0.480 e. The zero-order valence-corrected chi connectivity index (χ0v) is 32.5. The zero-order chi connectivity index (χ0) is 40.3. The van der Waals surface area contributed by atoms with Gasteiger partial charge in [0.1, 0.15) is 17.0 Å². The molecule has 1 heterocycles. The number of carbonyl (C=O) groups excluding carboxylic acids is 4. The summed E-state index contributed by atoms with van der Waals surface area (Å²) in [5, 5.41) is 19.0. The third kappa shape index (κ3) is 16.9. The van der Waals surface area contributed by atoms with Crippen LogP contribution < -0.4 is 27.0 Å². The molecule has 3 rings (SSSR count). The van der Waals surface area contributed by atoms with Gasteiger partial charge in [-0.1, -0.05) is 51.1 Å². The van der Waals surface area contributed by atoms with Crippen LogP contribution in [0.15, 0.2) is 60.8 Å². The average Bonchev–Trinajstić information content (AvgIpc) is 3.49. The molecule has 54 heavy (non-hydrogen) atoms. The number of aliphatic carboxylic acids is 1. The lowest BCUT2D eigenvalue weighted by atomic mass is 9.90. The van der Waals surface area contributed by atoms with Crippen LogP contribution in [0.2, 0.25) is 0 Å². The van der Waals surface area contributed by atoms with E-state index in [0.29, 0.717) is 36.5 Å². The number of halogens is 2. The number of nitrogens with one attached hydrogen (secondary N) is 4. The van der Waals surface area contributed by atoms with Gasteiger partial charge < -0.3 is 36.7 Å². The molecular weight excluding hydrogens is 719 g/mol. The SMILES string of the molecule is CC(C)(C(=O)O)C(=O)NCC(=O)NCCNC(=O)CCSCC(=O)NCCCN.CC(C)(C)Cc1cc(-c2cc(F)ccc2F)cn1Cc1ccccc1. The van der Waals surface area contributed by atoms with Gasteiger partial charge in [0, 0.05) is 61.4 Å². The number of carbonyl (C=O) groups is 5. The van der Waals surface area contributed by atoms with Crippen LogP contribution in [-0.4, -0.2) is 83.5 Å². The molecule has 0 spiro atoms. The van der Waals surface area contributed by atoms with Gasteiger partial charge in [-0.15, -0.1) is 0 Å². The predicted octanol–water partition coefficient (Wildman–Crippen LogP) is 4.10. The molecule has 7 N–H and O–H groups in total. The average molecular weight is 773 g/mol. The standard InChI is InChI=1S/C22H23F2N.C17H31N5O6S/c1-22(2,3)13-19-11-17(20-12-18(23)9-10-21(20)24)15-25(19)14-16-7-5-4-6-8-16;1-17(2,16(27)28)15(26)22-10-13(24)21-8-7-20-12(23)4-9-29-11-14(25)19-6-3-5-18/h4-12,15H,13-14H2,1-3H3;3-11,18H2,1-2H3,(H,19,25)(H,20,23)(H,21,24)(H,22,26)(H,27,28). The maximum atomic E-state index is 14.2. The second kappa shape index (κ2) is 22.5. The predicted molar refractivity (Wildman–Crippen MR) is 208 cm³/mol. The van der Waals surface area contributed by atoms with E-state index in [9.17, 15) is 32.8 Å². The second-order valence-electron chi connectivity index (χ2n) is 14.3. The van der Waals surface area contributed by atoms with Crippen molar-refractivity contribution in [2.75, 3.05) is 44.2 Å². The summed E-state index contributed by atoms with van der Waals surface area (Å²) in [4.78, 5) is 57.4. The number of amides is 4. The number of thioether (sulfide) groups is 1. The Bertz CT molecular complexity index is 1690. The molecule has 0 bridgehead atoms. The number of hydrogen-bond donors (Lipinski definition) is 6. The van der Waals surface area contributed by atoms with Crippen molar-refractivity contribution in [1.82, 2.24) is 25.8 Å². The highest BCUT2D eigenvalue weighted by Gasteiger charge is 2.36. The number of nitrogens with two attached hydrogens (primary N) is 1. The molecule has 0 aliphatic heterocycles. The molecule has 0 unspecified atom stereocenters. The Morgan fingerprint density at radius 2 is 1.48 bits per heavy atom. The van der Waals surface area contributed by atoms with E-state index in [1.807, 2.05) is 30.5 Å². The molecule has 296 valence electrons. The number of benzene rings is 2. The summed E-state index contributed by atoms with van der Waals surface area (Å²) >= 11 is 1.35. The molecule has 0 atom stereocenters. The molecule has 12 nitrogen and oxygen atoms in total. The van der Waals surface area contributed by atoms with Gasteiger partial charge in [0.15, 0.2) is 0 Å². The first kappa shape index (κ1) is 45.4. The Morgan fingerprint density at radius 3 is 2.11 bits per heavy atom. The molecule has 1 aromatic heterocycles. The van der Waals surface area contributed by atoms with Crippen molar-refractivity contribution in [3.05, 3.63) is 83.7 Å². The van der Waals surface area contributed by atoms with Crippen LogP contribution in [0.1, 0.15) is 58.7 Å². The fourth-order valence-electron chi connectivity index (χ4n) is 4.78.